The summed E-state index contributed by atoms with van der Waals surface area (Å²) in [6.07, 6.45) is 8.04. The molecular formula is C22H32IN7. The summed E-state index contributed by atoms with van der Waals surface area (Å²) in [5, 5.41) is 3.57. The number of aliphatic imine (C=N–C) groups is 1. The van der Waals surface area contributed by atoms with Crippen LogP contribution in [0.1, 0.15) is 31.6 Å². The average molecular weight is 521 g/mol. The zero-order chi connectivity index (χ0) is 20.2. The smallest absolute Gasteiger partial charge is 0.193 e. The van der Waals surface area contributed by atoms with E-state index in [0.29, 0.717) is 12.0 Å². The standard InChI is InChI=1S/C22H31N7.HI/c1-17-9-13-27(15-21(17)28-14-11-24-16-28)22(23-3)25-10-6-12-29-18(2)26-19-7-4-5-8-20(19)29;/h4-5,7-8,11,14,16-17,21H,6,9-10,12-13,15H2,1-3H3,(H,23,25);1H. The number of benzene rings is 1. The van der Waals surface area contributed by atoms with Crippen LogP contribution in [0.15, 0.2) is 48.0 Å². The third-order valence-corrected chi connectivity index (χ3v) is 6.02. The summed E-state index contributed by atoms with van der Waals surface area (Å²) in [6, 6.07) is 8.78. The lowest BCUT2D eigenvalue weighted by Crippen LogP contribution is -2.49. The molecule has 30 heavy (non-hydrogen) atoms. The maximum absolute atomic E-state index is 4.66. The van der Waals surface area contributed by atoms with Gasteiger partial charge in [0, 0.05) is 45.6 Å². The fraction of sp³-hybridized carbons (Fsp3) is 0.500. The van der Waals surface area contributed by atoms with Gasteiger partial charge in [0.1, 0.15) is 5.82 Å². The van der Waals surface area contributed by atoms with Crippen LogP contribution in [-0.2, 0) is 6.54 Å². The van der Waals surface area contributed by atoms with E-state index in [1.807, 2.05) is 25.6 Å². The molecule has 2 unspecified atom stereocenters. The lowest BCUT2D eigenvalue weighted by atomic mass is 9.93. The molecule has 4 rings (SSSR count). The minimum atomic E-state index is 0. The van der Waals surface area contributed by atoms with Crippen molar-refractivity contribution in [1.82, 2.24) is 29.3 Å². The predicted molar refractivity (Wildman–Crippen MR) is 132 cm³/mol. The number of imidazole rings is 2. The molecule has 0 bridgehead atoms. The van der Waals surface area contributed by atoms with Gasteiger partial charge in [0.15, 0.2) is 5.96 Å². The van der Waals surface area contributed by atoms with E-state index in [-0.39, 0.29) is 24.0 Å². The van der Waals surface area contributed by atoms with Gasteiger partial charge < -0.3 is 19.4 Å². The van der Waals surface area contributed by atoms with Crippen molar-refractivity contribution in [3.63, 3.8) is 0 Å². The van der Waals surface area contributed by atoms with Crippen LogP contribution in [0.25, 0.3) is 11.0 Å². The maximum Gasteiger partial charge on any atom is 0.193 e. The summed E-state index contributed by atoms with van der Waals surface area (Å²) >= 11 is 0. The summed E-state index contributed by atoms with van der Waals surface area (Å²) in [6.45, 7) is 8.25. The average Bonchev–Trinajstić information content (AvgIpc) is 3.37. The Bertz CT molecular complexity index is 963. The van der Waals surface area contributed by atoms with Crippen LogP contribution in [0, 0.1) is 12.8 Å². The molecule has 1 aliphatic rings. The van der Waals surface area contributed by atoms with E-state index in [0.717, 1.165) is 56.3 Å². The molecule has 2 atom stereocenters. The van der Waals surface area contributed by atoms with E-state index >= 15 is 0 Å². The second-order valence-corrected chi connectivity index (χ2v) is 7.92. The number of fused-ring (bicyclic) bond motifs is 1. The molecule has 0 aliphatic carbocycles. The highest BCUT2D eigenvalue weighted by Gasteiger charge is 2.28. The summed E-state index contributed by atoms with van der Waals surface area (Å²) < 4.78 is 4.54. The molecule has 1 saturated heterocycles. The second kappa shape index (κ2) is 10.3. The van der Waals surface area contributed by atoms with Gasteiger partial charge in [0.25, 0.3) is 0 Å². The Morgan fingerprint density at radius 3 is 2.90 bits per heavy atom. The Kier molecular flexibility index (Phi) is 7.74. The number of hydrogen-bond donors (Lipinski definition) is 1. The van der Waals surface area contributed by atoms with Gasteiger partial charge in [0.2, 0.25) is 0 Å². The Morgan fingerprint density at radius 2 is 2.13 bits per heavy atom. The summed E-state index contributed by atoms with van der Waals surface area (Å²) in [7, 11) is 1.88. The summed E-state index contributed by atoms with van der Waals surface area (Å²) in [5.41, 5.74) is 2.28. The van der Waals surface area contributed by atoms with E-state index in [1.54, 1.807) is 0 Å². The number of aromatic nitrogens is 4. The van der Waals surface area contributed by atoms with E-state index in [1.165, 1.54) is 5.52 Å². The van der Waals surface area contributed by atoms with E-state index in [4.69, 9.17) is 0 Å². The van der Waals surface area contributed by atoms with Crippen molar-refractivity contribution in [2.75, 3.05) is 26.7 Å². The molecule has 1 aliphatic heterocycles. The number of para-hydroxylation sites is 2. The zero-order valence-electron chi connectivity index (χ0n) is 18.0. The number of likely N-dealkylation sites (tertiary alicyclic amines) is 1. The van der Waals surface area contributed by atoms with E-state index in [2.05, 4.69) is 72.6 Å². The largest absolute Gasteiger partial charge is 0.356 e. The number of nitrogens with zero attached hydrogens (tertiary/aromatic N) is 6. The highest BCUT2D eigenvalue weighted by atomic mass is 127. The number of rotatable bonds is 5. The first kappa shape index (κ1) is 22.6. The van der Waals surface area contributed by atoms with Gasteiger partial charge in [-0.2, -0.15) is 0 Å². The van der Waals surface area contributed by atoms with Crippen LogP contribution >= 0.6 is 24.0 Å². The molecule has 0 saturated carbocycles. The van der Waals surface area contributed by atoms with Crippen LogP contribution in [-0.4, -0.2) is 56.6 Å². The van der Waals surface area contributed by atoms with Crippen molar-refractivity contribution in [3.05, 3.63) is 48.8 Å². The molecule has 162 valence electrons. The van der Waals surface area contributed by atoms with Crippen LogP contribution in [0.2, 0.25) is 0 Å². The van der Waals surface area contributed by atoms with Crippen molar-refractivity contribution < 1.29 is 0 Å². The number of halogens is 1. The number of guanidine groups is 1. The fourth-order valence-corrected chi connectivity index (χ4v) is 4.34. The van der Waals surface area contributed by atoms with E-state index < -0.39 is 0 Å². The number of aryl methyl sites for hydroxylation is 2. The molecule has 0 amide bonds. The summed E-state index contributed by atoms with van der Waals surface area (Å²) in [4.78, 5) is 15.8. The lowest BCUT2D eigenvalue weighted by molar-refractivity contribution is 0.189. The second-order valence-electron chi connectivity index (χ2n) is 7.92. The molecule has 1 N–H and O–H groups in total. The van der Waals surface area contributed by atoms with Gasteiger partial charge in [0.05, 0.1) is 23.4 Å². The lowest BCUT2D eigenvalue weighted by Gasteiger charge is -2.39. The number of nitrogens with one attached hydrogen (secondary N) is 1. The maximum atomic E-state index is 4.66. The van der Waals surface area contributed by atoms with Crippen molar-refractivity contribution in [2.24, 2.45) is 10.9 Å². The molecule has 7 nitrogen and oxygen atoms in total. The van der Waals surface area contributed by atoms with Crippen LogP contribution in [0.3, 0.4) is 0 Å². The van der Waals surface area contributed by atoms with Crippen LogP contribution in [0.5, 0.6) is 0 Å². The zero-order valence-corrected chi connectivity index (χ0v) is 20.4. The van der Waals surface area contributed by atoms with E-state index in [9.17, 15) is 0 Å². The summed E-state index contributed by atoms with van der Waals surface area (Å²) in [5.74, 6) is 2.70. The molecule has 3 heterocycles. The monoisotopic (exact) mass is 521 g/mol. The third kappa shape index (κ3) is 4.79. The highest BCUT2D eigenvalue weighted by Crippen LogP contribution is 2.27. The molecule has 3 aromatic rings. The molecule has 1 aromatic carbocycles. The molecule has 2 aromatic heterocycles. The number of piperidine rings is 1. The third-order valence-electron chi connectivity index (χ3n) is 6.02. The minimum Gasteiger partial charge on any atom is -0.356 e. The van der Waals surface area contributed by atoms with Crippen LogP contribution in [0.4, 0.5) is 0 Å². The molecule has 8 heteroatoms. The Labute approximate surface area is 195 Å². The van der Waals surface area contributed by atoms with Gasteiger partial charge in [-0.1, -0.05) is 19.1 Å². The number of hydrogen-bond acceptors (Lipinski definition) is 3. The minimum absolute atomic E-state index is 0. The quantitative estimate of drug-likeness (QED) is 0.241. The highest BCUT2D eigenvalue weighted by molar-refractivity contribution is 14.0. The molecule has 0 spiro atoms. The SMILES string of the molecule is CN=C(NCCCn1c(C)nc2ccccc21)N1CCC(C)C(n2ccnc2)C1.I. The van der Waals surface area contributed by atoms with Crippen LogP contribution < -0.4 is 5.32 Å². The topological polar surface area (TPSA) is 63.3 Å². The normalized spacial score (nSPS) is 19.7. The van der Waals surface area contributed by atoms with Crippen molar-refractivity contribution in [1.29, 1.82) is 0 Å². The van der Waals surface area contributed by atoms with Gasteiger partial charge in [-0.15, -0.1) is 24.0 Å². The first-order valence-corrected chi connectivity index (χ1v) is 10.5. The van der Waals surface area contributed by atoms with Crippen molar-refractivity contribution >= 4 is 41.0 Å². The van der Waals surface area contributed by atoms with Gasteiger partial charge >= 0.3 is 0 Å². The van der Waals surface area contributed by atoms with Gasteiger partial charge in [-0.05, 0) is 37.8 Å². The Morgan fingerprint density at radius 1 is 1.30 bits per heavy atom. The van der Waals surface area contributed by atoms with Gasteiger partial charge in [-0.3, -0.25) is 4.99 Å². The predicted octanol–water partition coefficient (Wildman–Crippen LogP) is 3.71. The van der Waals surface area contributed by atoms with Gasteiger partial charge in [-0.25, -0.2) is 9.97 Å². The first-order valence-electron chi connectivity index (χ1n) is 10.5. The fourth-order valence-electron chi connectivity index (χ4n) is 4.34. The Balaban J connectivity index is 0.00000256. The molecule has 1 fully saturated rings. The van der Waals surface area contributed by atoms with Crippen molar-refractivity contribution in [2.45, 2.75) is 39.3 Å². The Hall–Kier alpha value is -2.10. The first-order chi connectivity index (χ1) is 14.2. The van der Waals surface area contributed by atoms with Crippen molar-refractivity contribution in [3.8, 4) is 0 Å². The molecule has 0 radical (unpaired) electrons. The molecular weight excluding hydrogens is 489 g/mol.